The zero-order valence-corrected chi connectivity index (χ0v) is 12.9. The highest BCUT2D eigenvalue weighted by molar-refractivity contribution is 5.85. The summed E-state index contributed by atoms with van der Waals surface area (Å²) in [6, 6.07) is 0. The largest absolute Gasteiger partial charge is 0.355 e. The molecule has 0 bridgehead atoms. The Morgan fingerprint density at radius 2 is 1.89 bits per heavy atom. The number of hydrogen-bond acceptors (Lipinski definition) is 3. The first-order valence-electron chi connectivity index (χ1n) is 6.68. The van der Waals surface area contributed by atoms with Gasteiger partial charge in [-0.3, -0.25) is 9.59 Å². The van der Waals surface area contributed by atoms with Crippen LogP contribution in [-0.4, -0.2) is 49.4 Å². The fourth-order valence-corrected chi connectivity index (χ4v) is 1.80. The van der Waals surface area contributed by atoms with E-state index in [2.05, 4.69) is 10.6 Å². The lowest BCUT2D eigenvalue weighted by Crippen LogP contribution is -2.39. The van der Waals surface area contributed by atoms with Gasteiger partial charge in [0.05, 0.1) is 0 Å². The van der Waals surface area contributed by atoms with Crippen LogP contribution in [0.5, 0.6) is 0 Å². The van der Waals surface area contributed by atoms with Gasteiger partial charge in [0.25, 0.3) is 0 Å². The minimum atomic E-state index is -0.393. The van der Waals surface area contributed by atoms with Crippen molar-refractivity contribution in [1.82, 2.24) is 15.5 Å². The molecule has 0 aromatic carbocycles. The number of rotatable bonds is 3. The van der Waals surface area contributed by atoms with Gasteiger partial charge in [-0.1, -0.05) is 20.8 Å². The van der Waals surface area contributed by atoms with Gasteiger partial charge in [-0.25, -0.2) is 0 Å². The van der Waals surface area contributed by atoms with Crippen molar-refractivity contribution in [2.24, 2.45) is 5.41 Å². The minimum Gasteiger partial charge on any atom is -0.355 e. The molecular weight excluding hydrogens is 266 g/mol. The van der Waals surface area contributed by atoms with Crippen molar-refractivity contribution in [3.8, 4) is 0 Å². The first-order chi connectivity index (χ1) is 8.41. The molecule has 0 spiro atoms. The van der Waals surface area contributed by atoms with Gasteiger partial charge in [0.15, 0.2) is 0 Å². The summed E-state index contributed by atoms with van der Waals surface area (Å²) in [5.41, 5.74) is -0.393. The lowest BCUT2D eigenvalue weighted by atomic mass is 9.96. The van der Waals surface area contributed by atoms with Crippen molar-refractivity contribution in [3.05, 3.63) is 0 Å². The molecule has 0 aromatic heterocycles. The van der Waals surface area contributed by atoms with Crippen molar-refractivity contribution in [2.45, 2.75) is 33.6 Å². The van der Waals surface area contributed by atoms with Crippen molar-refractivity contribution < 1.29 is 9.59 Å². The third-order valence-electron chi connectivity index (χ3n) is 3.00. The molecule has 1 rings (SSSR count). The molecule has 5 nitrogen and oxygen atoms in total. The van der Waals surface area contributed by atoms with Crippen LogP contribution in [0.25, 0.3) is 0 Å². The maximum atomic E-state index is 11.9. The van der Waals surface area contributed by atoms with E-state index in [1.165, 1.54) is 0 Å². The average molecular weight is 292 g/mol. The molecule has 0 aromatic rings. The van der Waals surface area contributed by atoms with Crippen LogP contribution >= 0.6 is 12.4 Å². The topological polar surface area (TPSA) is 61.4 Å². The van der Waals surface area contributed by atoms with Crippen LogP contribution in [0.15, 0.2) is 0 Å². The monoisotopic (exact) mass is 291 g/mol. The Bertz CT molecular complexity index is 295. The molecule has 0 atom stereocenters. The molecule has 0 radical (unpaired) electrons. The maximum absolute atomic E-state index is 11.9. The number of hydrogen-bond donors (Lipinski definition) is 2. The van der Waals surface area contributed by atoms with E-state index < -0.39 is 5.41 Å². The smallest absolute Gasteiger partial charge is 0.225 e. The number of amides is 2. The summed E-state index contributed by atoms with van der Waals surface area (Å²) >= 11 is 0. The van der Waals surface area contributed by atoms with E-state index in [4.69, 9.17) is 0 Å². The molecule has 1 fully saturated rings. The van der Waals surface area contributed by atoms with Gasteiger partial charge in [-0.05, 0) is 13.0 Å². The molecule has 6 heteroatoms. The molecular formula is C13H26ClN3O2. The normalized spacial score (nSPS) is 16.3. The second-order valence-electron chi connectivity index (χ2n) is 5.74. The van der Waals surface area contributed by atoms with Crippen LogP contribution in [0.4, 0.5) is 0 Å². The van der Waals surface area contributed by atoms with E-state index in [1.807, 2.05) is 25.7 Å². The number of nitrogens with zero attached hydrogens (tertiary/aromatic N) is 1. The van der Waals surface area contributed by atoms with Crippen LogP contribution < -0.4 is 10.6 Å². The maximum Gasteiger partial charge on any atom is 0.225 e. The van der Waals surface area contributed by atoms with Gasteiger partial charge in [-0.15, -0.1) is 12.4 Å². The molecule has 0 aliphatic carbocycles. The van der Waals surface area contributed by atoms with Crippen LogP contribution in [-0.2, 0) is 9.59 Å². The van der Waals surface area contributed by atoms with Crippen molar-refractivity contribution in [1.29, 1.82) is 0 Å². The van der Waals surface area contributed by atoms with Gasteiger partial charge in [0.1, 0.15) is 0 Å². The third kappa shape index (κ3) is 6.78. The molecule has 112 valence electrons. The number of nitrogens with one attached hydrogen (secondary N) is 2. The first kappa shape index (κ1) is 18.2. The molecule has 1 saturated heterocycles. The predicted molar refractivity (Wildman–Crippen MR) is 78.4 cm³/mol. The summed E-state index contributed by atoms with van der Waals surface area (Å²) < 4.78 is 0. The Balaban J connectivity index is 0.00000324. The fraction of sp³-hybridized carbons (Fsp3) is 0.846. The summed E-state index contributed by atoms with van der Waals surface area (Å²) in [6.07, 6.45) is 1.39. The van der Waals surface area contributed by atoms with E-state index in [1.54, 1.807) is 0 Å². The van der Waals surface area contributed by atoms with E-state index in [0.717, 1.165) is 32.6 Å². The molecule has 0 saturated carbocycles. The zero-order valence-electron chi connectivity index (χ0n) is 12.1. The Labute approximate surface area is 121 Å². The highest BCUT2D eigenvalue weighted by atomic mass is 35.5. The highest BCUT2D eigenvalue weighted by Gasteiger charge is 2.21. The van der Waals surface area contributed by atoms with Crippen molar-refractivity contribution in [2.75, 3.05) is 32.7 Å². The van der Waals surface area contributed by atoms with E-state index in [0.29, 0.717) is 13.0 Å². The molecule has 19 heavy (non-hydrogen) atoms. The minimum absolute atomic E-state index is 0. The van der Waals surface area contributed by atoms with Crippen LogP contribution in [0.2, 0.25) is 0 Å². The lowest BCUT2D eigenvalue weighted by Gasteiger charge is -2.21. The number of carbonyl (C=O) groups excluding carboxylic acids is 2. The summed E-state index contributed by atoms with van der Waals surface area (Å²) in [5, 5.41) is 6.07. The summed E-state index contributed by atoms with van der Waals surface area (Å²) in [7, 11) is 0. The van der Waals surface area contributed by atoms with Crippen LogP contribution in [0, 0.1) is 5.41 Å². The SMILES string of the molecule is CC(C)(C)C(=O)NCCC(=O)N1CCCNCC1.Cl. The molecule has 1 heterocycles. The van der Waals surface area contributed by atoms with Crippen LogP contribution in [0.1, 0.15) is 33.6 Å². The Morgan fingerprint density at radius 3 is 2.53 bits per heavy atom. The van der Waals surface area contributed by atoms with E-state index in [9.17, 15) is 9.59 Å². The fourth-order valence-electron chi connectivity index (χ4n) is 1.80. The highest BCUT2D eigenvalue weighted by Crippen LogP contribution is 2.12. The van der Waals surface area contributed by atoms with Gasteiger partial charge in [0.2, 0.25) is 11.8 Å². The number of halogens is 1. The lowest BCUT2D eigenvalue weighted by molar-refractivity contribution is -0.131. The Kier molecular flexibility index (Phi) is 8.02. The average Bonchev–Trinajstić information content (AvgIpc) is 2.55. The van der Waals surface area contributed by atoms with Crippen LogP contribution in [0.3, 0.4) is 0 Å². The van der Waals surface area contributed by atoms with Gasteiger partial charge in [-0.2, -0.15) is 0 Å². The second-order valence-corrected chi connectivity index (χ2v) is 5.74. The molecule has 2 N–H and O–H groups in total. The predicted octanol–water partition coefficient (Wildman–Crippen LogP) is 0.782. The standard InChI is InChI=1S/C13H25N3O2.ClH/c1-13(2,3)12(18)15-7-5-11(17)16-9-4-6-14-8-10-16;/h14H,4-10H2,1-3H3,(H,15,18);1H. The summed E-state index contributed by atoms with van der Waals surface area (Å²) in [4.78, 5) is 25.4. The van der Waals surface area contributed by atoms with Gasteiger partial charge >= 0.3 is 0 Å². The van der Waals surface area contributed by atoms with E-state index in [-0.39, 0.29) is 24.2 Å². The Morgan fingerprint density at radius 1 is 1.21 bits per heavy atom. The molecule has 1 aliphatic rings. The third-order valence-corrected chi connectivity index (χ3v) is 3.00. The first-order valence-corrected chi connectivity index (χ1v) is 6.68. The molecule has 1 aliphatic heterocycles. The second kappa shape index (κ2) is 8.38. The number of carbonyl (C=O) groups is 2. The summed E-state index contributed by atoms with van der Waals surface area (Å²) in [6.45, 7) is 9.45. The van der Waals surface area contributed by atoms with Crippen molar-refractivity contribution >= 4 is 24.2 Å². The quantitative estimate of drug-likeness (QED) is 0.808. The Hall–Kier alpha value is -0.810. The zero-order chi connectivity index (χ0) is 13.6. The van der Waals surface area contributed by atoms with Gasteiger partial charge in [0, 0.05) is 38.0 Å². The van der Waals surface area contributed by atoms with Gasteiger partial charge < -0.3 is 15.5 Å². The molecule has 2 amide bonds. The summed E-state index contributed by atoms with van der Waals surface area (Å²) in [5.74, 6) is 0.126. The van der Waals surface area contributed by atoms with E-state index >= 15 is 0 Å². The van der Waals surface area contributed by atoms with Crippen molar-refractivity contribution in [3.63, 3.8) is 0 Å². The molecule has 0 unspecified atom stereocenters.